The van der Waals surface area contributed by atoms with Gasteiger partial charge in [0.25, 0.3) is 5.91 Å². The van der Waals surface area contributed by atoms with Crippen molar-refractivity contribution >= 4 is 27.6 Å². The van der Waals surface area contributed by atoms with Crippen LogP contribution in [0.15, 0.2) is 47.4 Å². The van der Waals surface area contributed by atoms with Crippen molar-refractivity contribution in [1.29, 1.82) is 0 Å². The van der Waals surface area contributed by atoms with Gasteiger partial charge in [0.05, 0.1) is 4.90 Å². The maximum Gasteiger partial charge on any atom is 0.351 e. The number of sulfonamides is 1. The number of carbonyl (C=O) groups is 2. The number of aryl methyl sites for hydroxylation is 1. The Kier molecular flexibility index (Phi) is 6.28. The Bertz CT molecular complexity index is 1070. The molecule has 0 aromatic heterocycles. The molecule has 30 heavy (non-hydrogen) atoms. The highest BCUT2D eigenvalue weighted by Gasteiger charge is 2.29. The molecule has 0 bridgehead atoms. The van der Waals surface area contributed by atoms with Crippen LogP contribution >= 0.6 is 0 Å². The zero-order chi connectivity index (χ0) is 21.9. The summed E-state index contributed by atoms with van der Waals surface area (Å²) in [5.41, 5.74) is 0.971. The summed E-state index contributed by atoms with van der Waals surface area (Å²) in [5, 5.41) is 2.56. The van der Waals surface area contributed by atoms with Gasteiger partial charge in [0, 0.05) is 19.8 Å². The van der Waals surface area contributed by atoms with E-state index in [-0.39, 0.29) is 11.5 Å². The number of para-hydroxylation sites is 2. The van der Waals surface area contributed by atoms with Crippen LogP contribution in [0.2, 0.25) is 0 Å². The molecule has 0 fully saturated rings. The molecule has 0 saturated heterocycles. The number of hydrogen-bond acceptors (Lipinski definition) is 7. The molecule has 1 unspecified atom stereocenters. The molecule has 160 valence electrons. The summed E-state index contributed by atoms with van der Waals surface area (Å²) in [6.07, 6.45) is -0.983. The van der Waals surface area contributed by atoms with Crippen LogP contribution in [-0.4, -0.2) is 58.0 Å². The Hall–Kier alpha value is -3.11. The molecular weight excluding hydrogens is 412 g/mol. The number of esters is 1. The fourth-order valence-corrected chi connectivity index (χ4v) is 3.59. The second-order valence-corrected chi connectivity index (χ2v) is 8.94. The Morgan fingerprint density at radius 2 is 1.87 bits per heavy atom. The number of nitrogens with one attached hydrogen (secondary N) is 1. The number of anilines is 1. The number of ether oxygens (including phenoxy) is 3. The monoisotopic (exact) mass is 434 g/mol. The van der Waals surface area contributed by atoms with Crippen LogP contribution < -0.4 is 14.8 Å². The largest absolute Gasteiger partial charge is 0.485 e. The highest BCUT2D eigenvalue weighted by Crippen LogP contribution is 2.31. The average Bonchev–Trinajstić information content (AvgIpc) is 2.73. The molecule has 3 rings (SSSR count). The van der Waals surface area contributed by atoms with Crippen LogP contribution in [0.4, 0.5) is 5.69 Å². The lowest BCUT2D eigenvalue weighted by Crippen LogP contribution is -2.39. The minimum atomic E-state index is -3.65. The number of nitrogens with zero attached hydrogens (tertiary/aromatic N) is 1. The third kappa shape index (κ3) is 4.71. The Morgan fingerprint density at radius 3 is 2.57 bits per heavy atom. The van der Waals surface area contributed by atoms with Crippen molar-refractivity contribution in [3.05, 3.63) is 48.0 Å². The molecule has 1 amide bonds. The molecule has 0 spiro atoms. The second-order valence-electron chi connectivity index (χ2n) is 6.78. The van der Waals surface area contributed by atoms with Gasteiger partial charge in [-0.2, -0.15) is 0 Å². The number of amides is 1. The first-order chi connectivity index (χ1) is 14.2. The van der Waals surface area contributed by atoms with Gasteiger partial charge in [0.2, 0.25) is 16.1 Å². The summed E-state index contributed by atoms with van der Waals surface area (Å²) in [5.74, 6) is -0.393. The van der Waals surface area contributed by atoms with Crippen molar-refractivity contribution < 1.29 is 32.2 Å². The van der Waals surface area contributed by atoms with E-state index < -0.39 is 34.6 Å². The van der Waals surface area contributed by atoms with Gasteiger partial charge < -0.3 is 19.5 Å². The molecule has 1 heterocycles. The lowest BCUT2D eigenvalue weighted by Gasteiger charge is -2.24. The predicted molar refractivity (Wildman–Crippen MR) is 108 cm³/mol. The topological polar surface area (TPSA) is 111 Å². The number of benzene rings is 2. The van der Waals surface area contributed by atoms with Crippen molar-refractivity contribution in [2.75, 3.05) is 32.6 Å². The lowest BCUT2D eigenvalue weighted by atomic mass is 10.2. The first-order valence-electron chi connectivity index (χ1n) is 9.06. The van der Waals surface area contributed by atoms with Gasteiger partial charge in [-0.1, -0.05) is 18.2 Å². The van der Waals surface area contributed by atoms with Crippen molar-refractivity contribution in [3.63, 3.8) is 0 Å². The van der Waals surface area contributed by atoms with Gasteiger partial charge in [0.15, 0.2) is 18.1 Å². The van der Waals surface area contributed by atoms with Crippen LogP contribution in [0.5, 0.6) is 11.5 Å². The van der Waals surface area contributed by atoms with Gasteiger partial charge in [-0.15, -0.1) is 0 Å². The highest BCUT2D eigenvalue weighted by molar-refractivity contribution is 7.89. The highest BCUT2D eigenvalue weighted by atomic mass is 32.2. The number of carbonyl (C=O) groups excluding carboxylic acids is 2. The molecule has 2 aromatic rings. The van der Waals surface area contributed by atoms with Crippen molar-refractivity contribution in [1.82, 2.24) is 4.31 Å². The quantitative estimate of drug-likeness (QED) is 0.687. The molecule has 1 aliphatic heterocycles. The first-order valence-corrected chi connectivity index (χ1v) is 10.5. The average molecular weight is 434 g/mol. The van der Waals surface area contributed by atoms with Crippen LogP contribution in [-0.2, 0) is 24.3 Å². The summed E-state index contributed by atoms with van der Waals surface area (Å²) in [6, 6.07) is 11.3. The summed E-state index contributed by atoms with van der Waals surface area (Å²) in [6.45, 7) is 1.14. The predicted octanol–water partition coefficient (Wildman–Crippen LogP) is 1.57. The van der Waals surface area contributed by atoms with Gasteiger partial charge >= 0.3 is 5.97 Å². The zero-order valence-electron chi connectivity index (χ0n) is 16.7. The van der Waals surface area contributed by atoms with E-state index in [4.69, 9.17) is 14.2 Å². The molecule has 1 aliphatic rings. The van der Waals surface area contributed by atoms with Gasteiger partial charge in [0.1, 0.15) is 6.61 Å². The zero-order valence-corrected chi connectivity index (χ0v) is 17.6. The third-order valence-corrected chi connectivity index (χ3v) is 6.19. The Morgan fingerprint density at radius 1 is 1.17 bits per heavy atom. The van der Waals surface area contributed by atoms with E-state index in [2.05, 4.69) is 5.32 Å². The first kappa shape index (κ1) is 21.6. The smallest absolute Gasteiger partial charge is 0.351 e. The molecular formula is C20H22N2O7S. The number of fused-ring (bicyclic) bond motifs is 1. The normalized spacial score (nSPS) is 15.5. The van der Waals surface area contributed by atoms with Crippen molar-refractivity contribution in [2.24, 2.45) is 0 Å². The third-order valence-electron chi connectivity index (χ3n) is 4.38. The SMILES string of the molecule is Cc1ccc(S(=O)(=O)N(C)C)cc1NC(=O)COC(=O)C1COc2ccccc2O1. The molecule has 0 aliphatic carbocycles. The number of rotatable bonds is 6. The molecule has 0 saturated carbocycles. The van der Waals surface area contributed by atoms with E-state index in [1.807, 2.05) is 0 Å². The molecule has 0 radical (unpaired) electrons. The van der Waals surface area contributed by atoms with Crippen LogP contribution in [0.25, 0.3) is 0 Å². The van der Waals surface area contributed by atoms with Gasteiger partial charge in [-0.25, -0.2) is 17.5 Å². The van der Waals surface area contributed by atoms with Crippen LogP contribution in [0.1, 0.15) is 5.56 Å². The number of hydrogen-bond donors (Lipinski definition) is 1. The maximum absolute atomic E-state index is 12.3. The van der Waals surface area contributed by atoms with Crippen molar-refractivity contribution in [3.8, 4) is 11.5 Å². The fourth-order valence-electron chi connectivity index (χ4n) is 2.66. The molecule has 2 aromatic carbocycles. The van der Waals surface area contributed by atoms with Crippen molar-refractivity contribution in [2.45, 2.75) is 17.9 Å². The summed E-state index contributed by atoms with van der Waals surface area (Å²) < 4.78 is 41.6. The van der Waals surface area contributed by atoms with Gasteiger partial charge in [-0.3, -0.25) is 4.79 Å². The van der Waals surface area contributed by atoms with E-state index in [0.29, 0.717) is 22.7 Å². The minimum absolute atomic E-state index is 0.0268. The second kappa shape index (κ2) is 8.72. The van der Waals surface area contributed by atoms with E-state index >= 15 is 0 Å². The summed E-state index contributed by atoms with van der Waals surface area (Å²) in [4.78, 5) is 24.5. The van der Waals surface area contributed by atoms with E-state index in [0.717, 1.165) is 4.31 Å². The fraction of sp³-hybridized carbons (Fsp3) is 0.300. The van der Waals surface area contributed by atoms with E-state index in [1.54, 1.807) is 37.3 Å². The standard InChI is InChI=1S/C20H22N2O7S/c1-13-8-9-14(30(25,26)22(2)3)10-15(13)21-19(23)12-28-20(24)18-11-27-16-6-4-5-7-17(16)29-18/h4-10,18H,11-12H2,1-3H3,(H,21,23). The van der Waals surface area contributed by atoms with Crippen LogP contribution in [0.3, 0.4) is 0 Å². The molecule has 10 heteroatoms. The molecule has 1 N–H and O–H groups in total. The summed E-state index contributed by atoms with van der Waals surface area (Å²) in [7, 11) is -0.812. The van der Waals surface area contributed by atoms with E-state index in [1.165, 1.54) is 26.2 Å². The minimum Gasteiger partial charge on any atom is -0.485 e. The lowest BCUT2D eigenvalue weighted by molar-refractivity contribution is -0.156. The van der Waals surface area contributed by atoms with Gasteiger partial charge in [-0.05, 0) is 36.8 Å². The maximum atomic E-state index is 12.3. The van der Waals surface area contributed by atoms with E-state index in [9.17, 15) is 18.0 Å². The molecule has 1 atom stereocenters. The van der Waals surface area contributed by atoms with Crippen LogP contribution in [0, 0.1) is 6.92 Å². The summed E-state index contributed by atoms with van der Waals surface area (Å²) >= 11 is 0. The Labute approximate surface area is 174 Å². The molecule has 9 nitrogen and oxygen atoms in total. The Balaban J connectivity index is 1.59.